The van der Waals surface area contributed by atoms with Gasteiger partial charge in [0.05, 0.1) is 6.10 Å². The summed E-state index contributed by atoms with van der Waals surface area (Å²) in [6, 6.07) is 0. The molecule has 1 fully saturated rings. The SMILES string of the molecule is C=C1C(OC(F)(F)F)CCCC1C(C)C. The zero-order valence-corrected chi connectivity index (χ0v) is 9.10. The van der Waals surface area contributed by atoms with Crippen molar-refractivity contribution < 1.29 is 17.9 Å². The molecule has 0 saturated heterocycles. The standard InChI is InChI=1S/C11H17F3O/c1-7(2)9-5-4-6-10(8(9)3)15-11(12,13)14/h7,9-10H,3-6H2,1-2H3. The van der Waals surface area contributed by atoms with Crippen LogP contribution in [-0.2, 0) is 4.74 Å². The largest absolute Gasteiger partial charge is 0.523 e. The Morgan fingerprint density at radius 3 is 2.40 bits per heavy atom. The van der Waals surface area contributed by atoms with Gasteiger partial charge in [-0.3, -0.25) is 4.74 Å². The van der Waals surface area contributed by atoms with E-state index in [9.17, 15) is 13.2 Å². The van der Waals surface area contributed by atoms with Crippen LogP contribution in [0, 0.1) is 11.8 Å². The number of alkyl halides is 3. The topological polar surface area (TPSA) is 9.23 Å². The number of hydrogen-bond acceptors (Lipinski definition) is 1. The molecule has 0 heterocycles. The number of halogens is 3. The molecule has 0 N–H and O–H groups in total. The van der Waals surface area contributed by atoms with Crippen LogP contribution in [0.2, 0.25) is 0 Å². The predicted molar refractivity (Wildman–Crippen MR) is 52.2 cm³/mol. The van der Waals surface area contributed by atoms with Crippen LogP contribution >= 0.6 is 0 Å². The second-order valence-electron chi connectivity index (χ2n) is 4.41. The molecule has 1 rings (SSSR count). The first-order valence-electron chi connectivity index (χ1n) is 5.24. The van der Waals surface area contributed by atoms with E-state index in [1.807, 2.05) is 13.8 Å². The van der Waals surface area contributed by atoms with Gasteiger partial charge < -0.3 is 0 Å². The fraction of sp³-hybridized carbons (Fsp3) is 0.818. The van der Waals surface area contributed by atoms with Gasteiger partial charge >= 0.3 is 6.36 Å². The smallest absolute Gasteiger partial charge is 0.284 e. The average molecular weight is 222 g/mol. The van der Waals surface area contributed by atoms with Gasteiger partial charge in [-0.15, -0.1) is 13.2 Å². The fourth-order valence-corrected chi connectivity index (χ4v) is 2.19. The van der Waals surface area contributed by atoms with Gasteiger partial charge in [-0.2, -0.15) is 0 Å². The summed E-state index contributed by atoms with van der Waals surface area (Å²) >= 11 is 0. The van der Waals surface area contributed by atoms with E-state index in [0.29, 0.717) is 17.9 Å². The Morgan fingerprint density at radius 2 is 1.93 bits per heavy atom. The summed E-state index contributed by atoms with van der Waals surface area (Å²) in [4.78, 5) is 0. The molecular weight excluding hydrogens is 205 g/mol. The summed E-state index contributed by atoms with van der Waals surface area (Å²) in [7, 11) is 0. The van der Waals surface area contributed by atoms with Crippen LogP contribution in [-0.4, -0.2) is 12.5 Å². The summed E-state index contributed by atoms with van der Waals surface area (Å²) in [6.45, 7) is 7.77. The zero-order chi connectivity index (χ0) is 11.6. The van der Waals surface area contributed by atoms with E-state index in [0.717, 1.165) is 12.8 Å². The number of rotatable bonds is 2. The minimum atomic E-state index is -4.55. The van der Waals surface area contributed by atoms with Gasteiger partial charge in [-0.1, -0.05) is 20.4 Å². The molecule has 0 aromatic carbocycles. The van der Waals surface area contributed by atoms with Crippen LogP contribution in [0.1, 0.15) is 33.1 Å². The predicted octanol–water partition coefficient (Wildman–Crippen LogP) is 3.90. The van der Waals surface area contributed by atoms with E-state index in [4.69, 9.17) is 0 Å². The fourth-order valence-electron chi connectivity index (χ4n) is 2.19. The Morgan fingerprint density at radius 1 is 1.33 bits per heavy atom. The van der Waals surface area contributed by atoms with Crippen molar-refractivity contribution in [1.82, 2.24) is 0 Å². The summed E-state index contributed by atoms with van der Waals surface area (Å²) in [5.74, 6) is 0.489. The minimum Gasteiger partial charge on any atom is -0.284 e. The molecular formula is C11H17F3O. The van der Waals surface area contributed by atoms with Crippen LogP contribution in [0.5, 0.6) is 0 Å². The maximum atomic E-state index is 12.1. The van der Waals surface area contributed by atoms with Gasteiger partial charge in [-0.05, 0) is 36.7 Å². The van der Waals surface area contributed by atoms with Crippen molar-refractivity contribution >= 4 is 0 Å². The van der Waals surface area contributed by atoms with Gasteiger partial charge in [0.15, 0.2) is 0 Å². The number of ether oxygens (including phenoxy) is 1. The zero-order valence-electron chi connectivity index (χ0n) is 9.10. The summed E-state index contributed by atoms with van der Waals surface area (Å²) in [6.07, 6.45) is -3.25. The van der Waals surface area contributed by atoms with E-state index in [1.165, 1.54) is 0 Å². The quantitative estimate of drug-likeness (QED) is 0.644. The lowest BCUT2D eigenvalue weighted by Crippen LogP contribution is -2.32. The monoisotopic (exact) mass is 222 g/mol. The Bertz CT molecular complexity index is 232. The second-order valence-corrected chi connectivity index (χ2v) is 4.41. The van der Waals surface area contributed by atoms with Crippen LogP contribution in [0.4, 0.5) is 13.2 Å². The van der Waals surface area contributed by atoms with Gasteiger partial charge in [0.1, 0.15) is 0 Å². The highest BCUT2D eigenvalue weighted by molar-refractivity contribution is 5.11. The van der Waals surface area contributed by atoms with Crippen LogP contribution in [0.3, 0.4) is 0 Å². The molecule has 0 radical (unpaired) electrons. The summed E-state index contributed by atoms with van der Waals surface area (Å²) in [5, 5.41) is 0. The highest BCUT2D eigenvalue weighted by Gasteiger charge is 2.38. The third-order valence-corrected chi connectivity index (χ3v) is 2.95. The molecule has 2 atom stereocenters. The number of hydrogen-bond donors (Lipinski definition) is 0. The molecule has 1 saturated carbocycles. The normalized spacial score (nSPS) is 28.5. The van der Waals surface area contributed by atoms with Crippen molar-refractivity contribution in [2.24, 2.45) is 11.8 Å². The molecule has 0 spiro atoms. The molecule has 88 valence electrons. The van der Waals surface area contributed by atoms with Crippen molar-refractivity contribution in [3.8, 4) is 0 Å². The van der Waals surface area contributed by atoms with Gasteiger partial charge in [-0.25, -0.2) is 0 Å². The average Bonchev–Trinajstić information content (AvgIpc) is 2.05. The van der Waals surface area contributed by atoms with E-state index in [1.54, 1.807) is 0 Å². The third kappa shape index (κ3) is 3.52. The molecule has 15 heavy (non-hydrogen) atoms. The van der Waals surface area contributed by atoms with Crippen molar-refractivity contribution in [1.29, 1.82) is 0 Å². The maximum absolute atomic E-state index is 12.1. The van der Waals surface area contributed by atoms with E-state index >= 15 is 0 Å². The van der Waals surface area contributed by atoms with Gasteiger partial charge in [0.25, 0.3) is 0 Å². The maximum Gasteiger partial charge on any atom is 0.523 e. The van der Waals surface area contributed by atoms with E-state index < -0.39 is 12.5 Å². The van der Waals surface area contributed by atoms with E-state index in [-0.39, 0.29) is 5.92 Å². The van der Waals surface area contributed by atoms with Crippen LogP contribution in [0.25, 0.3) is 0 Å². The highest BCUT2D eigenvalue weighted by atomic mass is 19.4. The minimum absolute atomic E-state index is 0.158. The Balaban J connectivity index is 2.63. The van der Waals surface area contributed by atoms with Crippen LogP contribution in [0.15, 0.2) is 12.2 Å². The van der Waals surface area contributed by atoms with Crippen molar-refractivity contribution in [2.75, 3.05) is 0 Å². The van der Waals surface area contributed by atoms with Gasteiger partial charge in [0.2, 0.25) is 0 Å². The molecule has 4 heteroatoms. The molecule has 1 nitrogen and oxygen atoms in total. The van der Waals surface area contributed by atoms with Crippen molar-refractivity contribution in [3.05, 3.63) is 12.2 Å². The summed E-state index contributed by atoms with van der Waals surface area (Å²) in [5.41, 5.74) is 0.605. The van der Waals surface area contributed by atoms with Gasteiger partial charge in [0, 0.05) is 0 Å². The lowest BCUT2D eigenvalue weighted by atomic mass is 9.77. The first-order valence-corrected chi connectivity index (χ1v) is 5.24. The Hall–Kier alpha value is -0.510. The second kappa shape index (κ2) is 4.56. The molecule has 0 amide bonds. The molecule has 1 aliphatic carbocycles. The molecule has 0 aliphatic heterocycles. The third-order valence-electron chi connectivity index (χ3n) is 2.95. The molecule has 0 aromatic rings. The highest BCUT2D eigenvalue weighted by Crippen LogP contribution is 2.37. The lowest BCUT2D eigenvalue weighted by Gasteiger charge is -2.34. The van der Waals surface area contributed by atoms with Crippen LogP contribution < -0.4 is 0 Å². The van der Waals surface area contributed by atoms with E-state index in [2.05, 4.69) is 11.3 Å². The van der Waals surface area contributed by atoms with Crippen molar-refractivity contribution in [2.45, 2.75) is 45.6 Å². The first kappa shape index (κ1) is 12.6. The molecule has 2 unspecified atom stereocenters. The Labute approximate surface area is 88.3 Å². The molecule has 1 aliphatic rings. The molecule has 0 aromatic heterocycles. The first-order chi connectivity index (χ1) is 6.81. The Kier molecular flexibility index (Phi) is 3.82. The molecule has 0 bridgehead atoms. The summed E-state index contributed by atoms with van der Waals surface area (Å²) < 4.78 is 40.3. The lowest BCUT2D eigenvalue weighted by molar-refractivity contribution is -0.340. The van der Waals surface area contributed by atoms with Crippen molar-refractivity contribution in [3.63, 3.8) is 0 Å².